The second kappa shape index (κ2) is 9.73. The van der Waals surface area contributed by atoms with Crippen LogP contribution in [0.4, 0.5) is 0 Å². The number of unbranched alkanes of at least 4 members (excludes halogenated alkanes) is 2. The minimum absolute atomic E-state index is 0.0747. The standard InChI is InChI=1S/C15H29N3O3/c1-3-4-5-6-13(2)16-14(19)11-17-7-9-18(10-8-17)12-15(20)21/h13H,3-12H2,1-2H3,(H,16,19)(H,20,21). The van der Waals surface area contributed by atoms with Crippen LogP contribution in [0.3, 0.4) is 0 Å². The Bertz CT molecular complexity index is 328. The topological polar surface area (TPSA) is 72.9 Å². The molecule has 6 nitrogen and oxygen atoms in total. The van der Waals surface area contributed by atoms with Crippen LogP contribution in [0.2, 0.25) is 0 Å². The lowest BCUT2D eigenvalue weighted by molar-refractivity contribution is -0.139. The number of aliphatic carboxylic acids is 1. The van der Waals surface area contributed by atoms with Crippen molar-refractivity contribution in [1.82, 2.24) is 15.1 Å². The Labute approximate surface area is 127 Å². The molecule has 1 aliphatic rings. The summed E-state index contributed by atoms with van der Waals surface area (Å²) in [6.45, 7) is 7.67. The molecule has 1 aliphatic heterocycles. The van der Waals surface area contributed by atoms with Crippen molar-refractivity contribution in [3.05, 3.63) is 0 Å². The molecule has 1 rings (SSSR count). The van der Waals surface area contributed by atoms with Crippen molar-refractivity contribution in [2.75, 3.05) is 39.3 Å². The van der Waals surface area contributed by atoms with E-state index >= 15 is 0 Å². The first-order chi connectivity index (χ1) is 10.0. The Morgan fingerprint density at radius 1 is 1.10 bits per heavy atom. The molecule has 1 heterocycles. The Kier molecular flexibility index (Phi) is 8.30. The SMILES string of the molecule is CCCCCC(C)NC(=O)CN1CCN(CC(=O)O)CC1. The lowest BCUT2D eigenvalue weighted by Crippen LogP contribution is -2.51. The van der Waals surface area contributed by atoms with E-state index in [1.807, 2.05) is 4.90 Å². The molecule has 0 aromatic carbocycles. The van der Waals surface area contributed by atoms with Crippen LogP contribution in [0.1, 0.15) is 39.5 Å². The summed E-state index contributed by atoms with van der Waals surface area (Å²) in [6, 6.07) is 0.234. The van der Waals surface area contributed by atoms with Gasteiger partial charge in [-0.25, -0.2) is 0 Å². The number of carboxylic acids is 1. The smallest absolute Gasteiger partial charge is 0.317 e. The maximum atomic E-state index is 12.0. The third kappa shape index (κ3) is 8.02. The number of carbonyl (C=O) groups is 2. The van der Waals surface area contributed by atoms with Crippen LogP contribution in [0.15, 0.2) is 0 Å². The lowest BCUT2D eigenvalue weighted by Gasteiger charge is -2.33. The first-order valence-corrected chi connectivity index (χ1v) is 7.97. The highest BCUT2D eigenvalue weighted by molar-refractivity contribution is 5.78. The summed E-state index contributed by atoms with van der Waals surface area (Å²) in [5.74, 6) is -0.715. The summed E-state index contributed by atoms with van der Waals surface area (Å²) in [4.78, 5) is 26.6. The van der Waals surface area contributed by atoms with E-state index in [4.69, 9.17) is 5.11 Å². The van der Waals surface area contributed by atoms with Crippen LogP contribution >= 0.6 is 0 Å². The quantitative estimate of drug-likeness (QED) is 0.615. The normalized spacial score (nSPS) is 18.4. The number of rotatable bonds is 9. The van der Waals surface area contributed by atoms with Gasteiger partial charge in [-0.05, 0) is 13.3 Å². The maximum absolute atomic E-state index is 12.0. The van der Waals surface area contributed by atoms with Gasteiger partial charge >= 0.3 is 5.97 Å². The number of carbonyl (C=O) groups excluding carboxylic acids is 1. The first kappa shape index (κ1) is 17.9. The summed E-state index contributed by atoms with van der Waals surface area (Å²) in [5.41, 5.74) is 0. The molecule has 1 atom stereocenters. The van der Waals surface area contributed by atoms with Crippen molar-refractivity contribution in [3.8, 4) is 0 Å². The molecule has 2 N–H and O–H groups in total. The average molecular weight is 299 g/mol. The van der Waals surface area contributed by atoms with Gasteiger partial charge in [0, 0.05) is 32.2 Å². The molecule has 0 aromatic rings. The Morgan fingerprint density at radius 3 is 2.19 bits per heavy atom. The number of nitrogens with zero attached hydrogens (tertiary/aromatic N) is 2. The molecule has 0 aliphatic carbocycles. The van der Waals surface area contributed by atoms with Gasteiger partial charge in [-0.2, -0.15) is 0 Å². The van der Waals surface area contributed by atoms with Crippen molar-refractivity contribution >= 4 is 11.9 Å². The Hall–Kier alpha value is -1.14. The molecule has 0 radical (unpaired) electrons. The van der Waals surface area contributed by atoms with Crippen molar-refractivity contribution < 1.29 is 14.7 Å². The van der Waals surface area contributed by atoms with E-state index in [1.165, 1.54) is 12.8 Å². The van der Waals surface area contributed by atoms with E-state index in [2.05, 4.69) is 24.1 Å². The van der Waals surface area contributed by atoms with Crippen molar-refractivity contribution in [3.63, 3.8) is 0 Å². The minimum atomic E-state index is -0.790. The van der Waals surface area contributed by atoms with Gasteiger partial charge in [0.05, 0.1) is 13.1 Å². The zero-order chi connectivity index (χ0) is 15.7. The molecule has 1 fully saturated rings. The van der Waals surface area contributed by atoms with Crippen LogP contribution < -0.4 is 5.32 Å². The van der Waals surface area contributed by atoms with Gasteiger partial charge in [0.1, 0.15) is 0 Å². The number of piperazine rings is 1. The fraction of sp³-hybridized carbons (Fsp3) is 0.867. The highest BCUT2D eigenvalue weighted by atomic mass is 16.4. The van der Waals surface area contributed by atoms with E-state index in [0.29, 0.717) is 19.6 Å². The van der Waals surface area contributed by atoms with Gasteiger partial charge in [0.15, 0.2) is 0 Å². The van der Waals surface area contributed by atoms with Gasteiger partial charge < -0.3 is 10.4 Å². The highest BCUT2D eigenvalue weighted by Gasteiger charge is 2.20. The molecule has 122 valence electrons. The second-order valence-corrected chi connectivity index (χ2v) is 5.91. The van der Waals surface area contributed by atoms with Crippen LogP contribution in [0.5, 0.6) is 0 Å². The second-order valence-electron chi connectivity index (χ2n) is 5.91. The van der Waals surface area contributed by atoms with E-state index in [-0.39, 0.29) is 18.5 Å². The van der Waals surface area contributed by atoms with E-state index in [9.17, 15) is 9.59 Å². The summed E-state index contributed by atoms with van der Waals surface area (Å²) < 4.78 is 0. The number of hydrogen-bond acceptors (Lipinski definition) is 4. The number of hydrogen-bond donors (Lipinski definition) is 2. The van der Waals surface area contributed by atoms with Crippen LogP contribution in [-0.4, -0.2) is 72.1 Å². The summed E-state index contributed by atoms with van der Waals surface area (Å²) in [5, 5.41) is 11.8. The van der Waals surface area contributed by atoms with Crippen molar-refractivity contribution in [1.29, 1.82) is 0 Å². The molecular weight excluding hydrogens is 270 g/mol. The van der Waals surface area contributed by atoms with Gasteiger partial charge in [-0.3, -0.25) is 19.4 Å². The highest BCUT2D eigenvalue weighted by Crippen LogP contribution is 2.04. The first-order valence-electron chi connectivity index (χ1n) is 7.97. The summed E-state index contributed by atoms with van der Waals surface area (Å²) in [7, 11) is 0. The Balaban J connectivity index is 2.16. The van der Waals surface area contributed by atoms with Crippen molar-refractivity contribution in [2.45, 2.75) is 45.6 Å². The van der Waals surface area contributed by atoms with Gasteiger partial charge in [0.25, 0.3) is 0 Å². The molecule has 1 unspecified atom stereocenters. The van der Waals surface area contributed by atoms with Crippen LogP contribution in [0.25, 0.3) is 0 Å². The third-order valence-electron chi connectivity index (χ3n) is 3.84. The molecule has 21 heavy (non-hydrogen) atoms. The molecule has 1 amide bonds. The fourth-order valence-corrected chi connectivity index (χ4v) is 2.59. The fourth-order valence-electron chi connectivity index (χ4n) is 2.59. The largest absolute Gasteiger partial charge is 0.480 e. The molecular formula is C15H29N3O3. The van der Waals surface area contributed by atoms with E-state index in [1.54, 1.807) is 0 Å². The van der Waals surface area contributed by atoms with Crippen LogP contribution in [-0.2, 0) is 9.59 Å². The monoisotopic (exact) mass is 299 g/mol. The molecule has 0 spiro atoms. The Morgan fingerprint density at radius 2 is 1.67 bits per heavy atom. The van der Waals surface area contributed by atoms with Crippen molar-refractivity contribution in [2.24, 2.45) is 0 Å². The third-order valence-corrected chi connectivity index (χ3v) is 3.84. The molecule has 0 bridgehead atoms. The maximum Gasteiger partial charge on any atom is 0.317 e. The zero-order valence-electron chi connectivity index (χ0n) is 13.3. The predicted molar refractivity (Wildman–Crippen MR) is 82.3 cm³/mol. The van der Waals surface area contributed by atoms with Crippen LogP contribution in [0, 0.1) is 0 Å². The average Bonchev–Trinajstić information content (AvgIpc) is 2.40. The van der Waals surface area contributed by atoms with Gasteiger partial charge in [-0.15, -0.1) is 0 Å². The lowest BCUT2D eigenvalue weighted by atomic mass is 10.1. The summed E-state index contributed by atoms with van der Waals surface area (Å²) >= 11 is 0. The number of nitrogens with one attached hydrogen (secondary N) is 1. The molecule has 0 aromatic heterocycles. The zero-order valence-corrected chi connectivity index (χ0v) is 13.3. The van der Waals surface area contributed by atoms with E-state index in [0.717, 1.165) is 25.9 Å². The summed E-state index contributed by atoms with van der Waals surface area (Å²) in [6.07, 6.45) is 4.60. The van der Waals surface area contributed by atoms with E-state index < -0.39 is 5.97 Å². The number of carboxylic acid groups (broad SMARTS) is 1. The van der Waals surface area contributed by atoms with Gasteiger partial charge in [-0.1, -0.05) is 26.2 Å². The predicted octanol–water partition coefficient (Wildman–Crippen LogP) is 0.774. The minimum Gasteiger partial charge on any atom is -0.480 e. The molecule has 1 saturated heterocycles. The molecule has 0 saturated carbocycles. The molecule has 6 heteroatoms. The van der Waals surface area contributed by atoms with Gasteiger partial charge in [0.2, 0.25) is 5.91 Å². The number of amides is 1.